The van der Waals surface area contributed by atoms with E-state index in [4.69, 9.17) is 9.47 Å². The van der Waals surface area contributed by atoms with Crippen molar-refractivity contribution >= 4 is 23.8 Å². The van der Waals surface area contributed by atoms with E-state index in [2.05, 4.69) is 5.32 Å². The largest absolute Gasteiger partial charge is 0.484 e. The summed E-state index contributed by atoms with van der Waals surface area (Å²) in [5, 5.41) is 12.3. The second-order valence-electron chi connectivity index (χ2n) is 11.9. The van der Waals surface area contributed by atoms with Gasteiger partial charge in [-0.05, 0) is 73.4 Å². The predicted molar refractivity (Wildman–Crippen MR) is 151 cm³/mol. The maximum absolute atomic E-state index is 13.7. The first kappa shape index (κ1) is 30.4. The van der Waals surface area contributed by atoms with E-state index in [0.29, 0.717) is 49.1 Å². The molecule has 0 unspecified atom stereocenters. The number of ether oxygens (including phenoxy) is 2. The fraction of sp³-hybridized carbons (Fsp3) is 0.500. The van der Waals surface area contributed by atoms with Crippen LogP contribution in [0.3, 0.4) is 0 Å². The number of amides is 2. The first-order valence-corrected chi connectivity index (χ1v) is 14.7. The Bertz CT molecular complexity index is 1390. The number of aromatic carboxylic acids is 1. The van der Waals surface area contributed by atoms with Gasteiger partial charge in [0.2, 0.25) is 5.91 Å². The average molecular weight is 599 g/mol. The van der Waals surface area contributed by atoms with E-state index in [1.54, 1.807) is 17.9 Å². The highest BCUT2D eigenvalue weighted by Crippen LogP contribution is 2.41. The quantitative estimate of drug-likeness (QED) is 0.377. The molecule has 0 aromatic heterocycles. The van der Waals surface area contributed by atoms with E-state index in [9.17, 15) is 33.1 Å². The number of benzene rings is 2. The van der Waals surface area contributed by atoms with E-state index in [1.165, 1.54) is 17.7 Å². The summed E-state index contributed by atoms with van der Waals surface area (Å²) in [6, 6.07) is 11.4. The summed E-state index contributed by atoms with van der Waals surface area (Å²) in [5.41, 5.74) is 2.41. The average Bonchev–Trinajstić information content (AvgIpc) is 3.74. The SMILES string of the molecule is C[C@H](NC(=O)C(C)(F)F)[C@H](Oc1ccc(C(=O)O)c([C@@H]2CCCN(C(=O)[C@H]3COC(=O)C3)C2)c1)c1ccc(C2CC2)cc1. The summed E-state index contributed by atoms with van der Waals surface area (Å²) < 4.78 is 38.8. The molecule has 3 fully saturated rings. The number of cyclic esters (lactones) is 1. The van der Waals surface area contributed by atoms with Gasteiger partial charge in [0, 0.05) is 25.9 Å². The second kappa shape index (κ2) is 12.3. The molecule has 1 aliphatic carbocycles. The van der Waals surface area contributed by atoms with Gasteiger partial charge in [0.1, 0.15) is 18.5 Å². The molecule has 43 heavy (non-hydrogen) atoms. The van der Waals surface area contributed by atoms with Crippen LogP contribution in [0, 0.1) is 5.92 Å². The van der Waals surface area contributed by atoms with Crippen LogP contribution in [-0.4, -0.2) is 65.4 Å². The molecule has 1 saturated carbocycles. The number of carboxylic acids is 1. The maximum atomic E-state index is 13.7. The molecule has 2 N–H and O–H groups in total. The number of carbonyl (C=O) groups is 4. The third kappa shape index (κ3) is 7.14. The molecular weight excluding hydrogens is 562 g/mol. The number of nitrogens with one attached hydrogen (secondary N) is 1. The number of hydrogen-bond acceptors (Lipinski definition) is 6. The third-order valence-electron chi connectivity index (χ3n) is 8.42. The van der Waals surface area contributed by atoms with E-state index in [0.717, 1.165) is 12.8 Å². The number of piperidine rings is 1. The van der Waals surface area contributed by atoms with Crippen molar-refractivity contribution in [2.24, 2.45) is 5.92 Å². The second-order valence-corrected chi connectivity index (χ2v) is 11.9. The Labute approximate surface area is 248 Å². The molecule has 2 aromatic carbocycles. The van der Waals surface area contributed by atoms with Gasteiger partial charge in [-0.1, -0.05) is 24.3 Å². The molecule has 230 valence electrons. The van der Waals surface area contributed by atoms with Crippen molar-refractivity contribution in [1.82, 2.24) is 10.2 Å². The molecule has 0 spiro atoms. The molecule has 2 saturated heterocycles. The fourth-order valence-electron chi connectivity index (χ4n) is 5.90. The fourth-order valence-corrected chi connectivity index (χ4v) is 5.90. The lowest BCUT2D eigenvalue weighted by atomic mass is 9.86. The highest BCUT2D eigenvalue weighted by Gasteiger charge is 2.37. The number of likely N-dealkylation sites (tertiary alicyclic amines) is 1. The Morgan fingerprint density at radius 3 is 2.42 bits per heavy atom. The molecule has 2 amide bonds. The Hall–Kier alpha value is -4.02. The minimum atomic E-state index is -3.58. The van der Waals surface area contributed by atoms with Crippen LogP contribution >= 0.6 is 0 Å². The topological polar surface area (TPSA) is 122 Å². The third-order valence-corrected chi connectivity index (χ3v) is 8.42. The Balaban J connectivity index is 1.41. The van der Waals surface area contributed by atoms with Gasteiger partial charge >= 0.3 is 17.9 Å². The van der Waals surface area contributed by atoms with Gasteiger partial charge in [0.05, 0.1) is 23.9 Å². The molecular formula is C32H36F2N2O7. The zero-order chi connectivity index (χ0) is 30.9. The number of esters is 1. The summed E-state index contributed by atoms with van der Waals surface area (Å²) >= 11 is 0. The van der Waals surface area contributed by atoms with Crippen LogP contribution in [0.2, 0.25) is 0 Å². The summed E-state index contributed by atoms with van der Waals surface area (Å²) in [6.45, 7) is 2.93. The number of hydrogen-bond donors (Lipinski definition) is 2. The number of carboxylic acid groups (broad SMARTS) is 1. The molecule has 3 aliphatic rings. The lowest BCUT2D eigenvalue weighted by molar-refractivity contribution is -0.144. The minimum Gasteiger partial charge on any atom is -0.484 e. The molecule has 2 aromatic rings. The number of alkyl halides is 2. The molecule has 9 nitrogen and oxygen atoms in total. The monoisotopic (exact) mass is 598 g/mol. The maximum Gasteiger partial charge on any atom is 0.335 e. The Morgan fingerprint density at radius 1 is 1.09 bits per heavy atom. The summed E-state index contributed by atoms with van der Waals surface area (Å²) in [7, 11) is 0. The highest BCUT2D eigenvalue weighted by molar-refractivity contribution is 5.90. The van der Waals surface area contributed by atoms with Crippen molar-refractivity contribution in [3.05, 3.63) is 64.7 Å². The summed E-state index contributed by atoms with van der Waals surface area (Å²) in [6.07, 6.45) is 2.70. The van der Waals surface area contributed by atoms with Crippen LogP contribution in [0.25, 0.3) is 0 Å². The van der Waals surface area contributed by atoms with Crippen molar-refractivity contribution in [3.8, 4) is 5.75 Å². The van der Waals surface area contributed by atoms with Crippen molar-refractivity contribution < 1.29 is 42.5 Å². The zero-order valence-corrected chi connectivity index (χ0v) is 24.2. The standard InChI is InChI=1S/C32H36F2N2O7/c1-18(35-31(41)32(2,33)34)28(21-9-7-20(8-10-21)19-5-6-19)43-24-11-12-25(30(39)40)26(15-24)22-4-3-13-36(16-22)29(38)23-14-27(37)42-17-23/h7-12,15,18-19,22-23,28H,3-6,13-14,16-17H2,1-2H3,(H,35,41)(H,39,40)/t18-,22+,23+,28-/m0/s1. The summed E-state index contributed by atoms with van der Waals surface area (Å²) in [4.78, 5) is 50.6. The molecule has 2 heterocycles. The van der Waals surface area contributed by atoms with Gasteiger partial charge in [-0.15, -0.1) is 0 Å². The van der Waals surface area contributed by atoms with E-state index in [1.807, 2.05) is 24.3 Å². The van der Waals surface area contributed by atoms with Crippen molar-refractivity contribution in [1.29, 1.82) is 0 Å². The van der Waals surface area contributed by atoms with Crippen LogP contribution in [0.5, 0.6) is 5.75 Å². The van der Waals surface area contributed by atoms with Crippen LogP contribution in [-0.2, 0) is 19.1 Å². The van der Waals surface area contributed by atoms with Crippen LogP contribution in [0.1, 0.15) is 90.9 Å². The van der Waals surface area contributed by atoms with E-state index < -0.39 is 41.8 Å². The van der Waals surface area contributed by atoms with Gasteiger partial charge in [-0.2, -0.15) is 8.78 Å². The Morgan fingerprint density at radius 2 is 1.81 bits per heavy atom. The highest BCUT2D eigenvalue weighted by atomic mass is 19.3. The lowest BCUT2D eigenvalue weighted by Crippen LogP contribution is -2.46. The number of nitrogens with zero attached hydrogens (tertiary/aromatic N) is 1. The van der Waals surface area contributed by atoms with Crippen molar-refractivity contribution in [2.75, 3.05) is 19.7 Å². The zero-order valence-electron chi connectivity index (χ0n) is 24.2. The first-order chi connectivity index (χ1) is 20.4. The van der Waals surface area contributed by atoms with Gasteiger partial charge < -0.3 is 24.8 Å². The van der Waals surface area contributed by atoms with Gasteiger partial charge in [-0.25, -0.2) is 4.79 Å². The van der Waals surface area contributed by atoms with Gasteiger partial charge in [-0.3, -0.25) is 14.4 Å². The van der Waals surface area contributed by atoms with Crippen molar-refractivity contribution in [2.45, 2.75) is 75.9 Å². The van der Waals surface area contributed by atoms with E-state index in [-0.39, 0.29) is 37.0 Å². The number of halogens is 2. The smallest absolute Gasteiger partial charge is 0.335 e. The van der Waals surface area contributed by atoms with Crippen LogP contribution < -0.4 is 10.1 Å². The van der Waals surface area contributed by atoms with Gasteiger partial charge in [0.15, 0.2) is 0 Å². The molecule has 4 atom stereocenters. The van der Waals surface area contributed by atoms with E-state index >= 15 is 0 Å². The Kier molecular flexibility index (Phi) is 8.71. The molecule has 0 bridgehead atoms. The van der Waals surface area contributed by atoms with Gasteiger partial charge in [0.25, 0.3) is 5.91 Å². The summed E-state index contributed by atoms with van der Waals surface area (Å²) in [5.74, 6) is -6.76. The lowest BCUT2D eigenvalue weighted by Gasteiger charge is -2.35. The molecule has 11 heteroatoms. The number of carbonyl (C=O) groups excluding carboxylic acids is 3. The predicted octanol–water partition coefficient (Wildman–Crippen LogP) is 4.81. The number of rotatable bonds is 10. The normalized spacial score (nSPS) is 22.0. The van der Waals surface area contributed by atoms with Crippen molar-refractivity contribution in [3.63, 3.8) is 0 Å². The first-order valence-electron chi connectivity index (χ1n) is 14.7. The minimum absolute atomic E-state index is 0.0331. The molecule has 5 rings (SSSR count). The molecule has 0 radical (unpaired) electrons. The molecule has 2 aliphatic heterocycles. The van der Waals surface area contributed by atoms with Crippen LogP contribution in [0.4, 0.5) is 8.78 Å². The van der Waals surface area contributed by atoms with Crippen LogP contribution in [0.15, 0.2) is 42.5 Å².